The van der Waals surface area contributed by atoms with E-state index in [2.05, 4.69) is 9.80 Å². The second-order valence-corrected chi connectivity index (χ2v) is 12.5. The van der Waals surface area contributed by atoms with Gasteiger partial charge in [-0.15, -0.1) is 0 Å². The number of nitrogens with zero attached hydrogens (tertiary/aromatic N) is 2. The average Bonchev–Trinajstić information content (AvgIpc) is 3.28. The van der Waals surface area contributed by atoms with E-state index in [1.165, 1.54) is 12.5 Å². The fourth-order valence-corrected chi connectivity index (χ4v) is 7.13. The number of likely N-dealkylation sites (tertiary alicyclic amines) is 2. The second-order valence-electron chi connectivity index (χ2n) is 12.5. The number of carbonyl (C=O) groups is 1. The lowest BCUT2D eigenvalue weighted by molar-refractivity contribution is -0.144. The molecule has 2 aliphatic heterocycles. The first kappa shape index (κ1) is 28.2. The Morgan fingerprint density at radius 3 is 2.49 bits per heavy atom. The van der Waals surface area contributed by atoms with Crippen LogP contribution in [0, 0.1) is 36.3 Å². The minimum absolute atomic E-state index is 0.0823. The molecule has 2 heterocycles. The van der Waals surface area contributed by atoms with E-state index in [1.807, 2.05) is 25.1 Å². The maximum Gasteiger partial charge on any atom is 0.320 e. The zero-order chi connectivity index (χ0) is 27.4. The SMILES string of the molecule is Cc1ccc(CCCC2CCN(C[C@H]3CN([C@H](CC4CCC4)C(=O)O)C[C@@H]3c3cccc(F)c3)CC2)c(F)c1. The summed E-state index contributed by atoms with van der Waals surface area (Å²) in [5.74, 6) is 0.613. The van der Waals surface area contributed by atoms with E-state index in [4.69, 9.17) is 0 Å². The predicted molar refractivity (Wildman–Crippen MR) is 151 cm³/mol. The summed E-state index contributed by atoms with van der Waals surface area (Å²) in [5, 5.41) is 10.1. The topological polar surface area (TPSA) is 43.8 Å². The molecule has 3 fully saturated rings. The standard InChI is InChI=1S/C33H44F2N2O2/c1-23-11-12-26(31(35)17-23)8-3-5-24-13-15-36(16-14-24)20-28-21-37(32(33(38)39)18-25-6-2-7-25)22-30(28)27-9-4-10-29(34)19-27/h4,9-12,17,19,24-25,28,30,32H,2-3,5-8,13-16,18,20-22H2,1H3,(H,38,39)/t28-,30+,32+/m0/s1. The summed E-state index contributed by atoms with van der Waals surface area (Å²) in [6.45, 7) is 6.37. The molecule has 39 heavy (non-hydrogen) atoms. The van der Waals surface area contributed by atoms with Crippen molar-refractivity contribution in [2.24, 2.45) is 17.8 Å². The van der Waals surface area contributed by atoms with Gasteiger partial charge in [-0.25, -0.2) is 8.78 Å². The molecule has 2 saturated heterocycles. The molecule has 0 aromatic heterocycles. The summed E-state index contributed by atoms with van der Waals surface area (Å²) in [4.78, 5) is 17.0. The van der Waals surface area contributed by atoms with Crippen molar-refractivity contribution in [3.05, 3.63) is 70.8 Å². The second kappa shape index (κ2) is 12.9. The van der Waals surface area contributed by atoms with Crippen LogP contribution < -0.4 is 0 Å². The molecule has 0 unspecified atom stereocenters. The predicted octanol–water partition coefficient (Wildman–Crippen LogP) is 6.67. The molecule has 0 amide bonds. The van der Waals surface area contributed by atoms with Crippen molar-refractivity contribution in [1.29, 1.82) is 0 Å². The van der Waals surface area contributed by atoms with Crippen molar-refractivity contribution in [3.63, 3.8) is 0 Å². The molecule has 212 valence electrons. The highest BCUT2D eigenvalue weighted by molar-refractivity contribution is 5.73. The number of aliphatic carboxylic acids is 1. The summed E-state index contributed by atoms with van der Waals surface area (Å²) in [5.41, 5.74) is 2.78. The Kier molecular flexibility index (Phi) is 9.34. The third-order valence-electron chi connectivity index (χ3n) is 9.72. The minimum Gasteiger partial charge on any atom is -0.480 e. The van der Waals surface area contributed by atoms with Crippen molar-refractivity contribution in [2.45, 2.75) is 76.7 Å². The molecule has 2 aromatic rings. The fraction of sp³-hybridized carbons (Fsp3) is 0.606. The molecule has 2 aromatic carbocycles. The van der Waals surface area contributed by atoms with E-state index >= 15 is 0 Å². The zero-order valence-corrected chi connectivity index (χ0v) is 23.3. The molecule has 1 saturated carbocycles. The number of rotatable bonds is 11. The fourth-order valence-electron chi connectivity index (χ4n) is 7.13. The van der Waals surface area contributed by atoms with Crippen LogP contribution >= 0.6 is 0 Å². The van der Waals surface area contributed by atoms with Gasteiger partial charge in [0.05, 0.1) is 0 Å². The molecule has 0 radical (unpaired) electrons. The summed E-state index contributed by atoms with van der Waals surface area (Å²) in [6.07, 6.45) is 9.47. The van der Waals surface area contributed by atoms with Crippen molar-refractivity contribution in [2.75, 3.05) is 32.7 Å². The first-order valence-electron chi connectivity index (χ1n) is 15.1. The largest absolute Gasteiger partial charge is 0.480 e. The molecule has 5 rings (SSSR count). The molecule has 4 nitrogen and oxygen atoms in total. The normalized spacial score (nSPS) is 24.1. The van der Waals surface area contributed by atoms with Gasteiger partial charge in [-0.2, -0.15) is 0 Å². The average molecular weight is 539 g/mol. The molecule has 3 atom stereocenters. The number of hydrogen-bond donors (Lipinski definition) is 1. The third kappa shape index (κ3) is 7.26. The van der Waals surface area contributed by atoms with Crippen LogP contribution in [0.3, 0.4) is 0 Å². The van der Waals surface area contributed by atoms with Gasteiger partial charge in [0.15, 0.2) is 0 Å². The number of carboxylic acid groups (broad SMARTS) is 1. The first-order chi connectivity index (χ1) is 18.9. The molecule has 6 heteroatoms. The van der Waals surface area contributed by atoms with Gasteiger partial charge in [0, 0.05) is 25.6 Å². The summed E-state index contributed by atoms with van der Waals surface area (Å²) in [7, 11) is 0. The van der Waals surface area contributed by atoms with Crippen LogP contribution in [-0.2, 0) is 11.2 Å². The number of hydrogen-bond acceptors (Lipinski definition) is 3. The summed E-state index contributed by atoms with van der Waals surface area (Å²) in [6, 6.07) is 12.0. The van der Waals surface area contributed by atoms with Crippen LogP contribution in [0.15, 0.2) is 42.5 Å². The minimum atomic E-state index is -0.716. The Morgan fingerprint density at radius 2 is 1.82 bits per heavy atom. The van der Waals surface area contributed by atoms with Crippen molar-refractivity contribution < 1.29 is 18.7 Å². The maximum atomic E-state index is 14.2. The van der Waals surface area contributed by atoms with Gasteiger partial charge in [0.1, 0.15) is 17.7 Å². The molecule has 0 spiro atoms. The molecule has 3 aliphatic rings. The van der Waals surface area contributed by atoms with Gasteiger partial charge in [-0.3, -0.25) is 9.69 Å². The summed E-state index contributed by atoms with van der Waals surface area (Å²) < 4.78 is 28.3. The van der Waals surface area contributed by atoms with Gasteiger partial charge >= 0.3 is 5.97 Å². The number of carboxylic acids is 1. The molecule has 0 bridgehead atoms. The van der Waals surface area contributed by atoms with Crippen molar-refractivity contribution >= 4 is 5.97 Å². The van der Waals surface area contributed by atoms with E-state index in [1.54, 1.807) is 18.2 Å². The number of halogens is 2. The van der Waals surface area contributed by atoms with E-state index in [0.29, 0.717) is 18.4 Å². The Balaban J connectivity index is 1.16. The Hall–Kier alpha value is -2.31. The van der Waals surface area contributed by atoms with E-state index in [0.717, 1.165) is 94.2 Å². The van der Waals surface area contributed by atoms with Crippen LogP contribution in [0.1, 0.15) is 74.0 Å². The van der Waals surface area contributed by atoms with Gasteiger partial charge < -0.3 is 10.0 Å². The molecular formula is C33H44F2N2O2. The van der Waals surface area contributed by atoms with Gasteiger partial charge in [0.25, 0.3) is 0 Å². The lowest BCUT2D eigenvalue weighted by Crippen LogP contribution is -2.43. The van der Waals surface area contributed by atoms with Crippen LogP contribution in [0.5, 0.6) is 0 Å². The Morgan fingerprint density at radius 1 is 1.03 bits per heavy atom. The van der Waals surface area contributed by atoms with Gasteiger partial charge in [-0.1, -0.05) is 49.9 Å². The smallest absolute Gasteiger partial charge is 0.320 e. The number of aryl methyl sites for hydroxylation is 2. The van der Waals surface area contributed by atoms with Crippen LogP contribution in [0.25, 0.3) is 0 Å². The molecule has 1 N–H and O–H groups in total. The maximum absolute atomic E-state index is 14.2. The van der Waals surface area contributed by atoms with E-state index < -0.39 is 12.0 Å². The van der Waals surface area contributed by atoms with Crippen LogP contribution in [0.4, 0.5) is 8.78 Å². The Bertz CT molecular complexity index is 1110. The lowest BCUT2D eigenvalue weighted by atomic mass is 9.80. The highest BCUT2D eigenvalue weighted by Crippen LogP contribution is 2.38. The Labute approximate surface area is 232 Å². The highest BCUT2D eigenvalue weighted by Gasteiger charge is 2.41. The number of benzene rings is 2. The number of piperidine rings is 1. The van der Waals surface area contributed by atoms with Crippen molar-refractivity contribution in [3.8, 4) is 0 Å². The zero-order valence-electron chi connectivity index (χ0n) is 23.3. The molecular weight excluding hydrogens is 494 g/mol. The van der Waals surface area contributed by atoms with E-state index in [-0.39, 0.29) is 23.5 Å². The monoisotopic (exact) mass is 538 g/mol. The lowest BCUT2D eigenvalue weighted by Gasteiger charge is -2.35. The quantitative estimate of drug-likeness (QED) is 0.347. The van der Waals surface area contributed by atoms with Gasteiger partial charge in [-0.05, 0) is 105 Å². The van der Waals surface area contributed by atoms with E-state index in [9.17, 15) is 18.7 Å². The van der Waals surface area contributed by atoms with Crippen molar-refractivity contribution in [1.82, 2.24) is 9.80 Å². The first-order valence-corrected chi connectivity index (χ1v) is 15.1. The third-order valence-corrected chi connectivity index (χ3v) is 9.72. The summed E-state index contributed by atoms with van der Waals surface area (Å²) >= 11 is 0. The van der Waals surface area contributed by atoms with Gasteiger partial charge in [0.2, 0.25) is 0 Å². The van der Waals surface area contributed by atoms with Crippen LogP contribution in [0.2, 0.25) is 0 Å². The highest BCUT2D eigenvalue weighted by atomic mass is 19.1. The van der Waals surface area contributed by atoms with Crippen LogP contribution in [-0.4, -0.2) is 59.6 Å². The molecule has 1 aliphatic carbocycles.